The first kappa shape index (κ1) is 24.6. The van der Waals surface area contributed by atoms with E-state index in [1.807, 2.05) is 36.4 Å². The minimum Gasteiger partial charge on any atom is -0.508 e. The average Bonchev–Trinajstić information content (AvgIpc) is 3.34. The third-order valence-electron chi connectivity index (χ3n) is 7.82. The molecule has 1 saturated heterocycles. The molecule has 0 spiro atoms. The van der Waals surface area contributed by atoms with Gasteiger partial charge in [-0.1, -0.05) is 12.1 Å². The second-order valence-corrected chi connectivity index (χ2v) is 10.4. The number of ether oxygens (including phenoxy) is 3. The minimum atomic E-state index is -0.431. The van der Waals surface area contributed by atoms with Crippen molar-refractivity contribution in [3.05, 3.63) is 77.4 Å². The number of fused-ring (bicyclic) bond motifs is 4. The Morgan fingerprint density at radius 1 is 1.00 bits per heavy atom. The van der Waals surface area contributed by atoms with E-state index in [2.05, 4.69) is 11.8 Å². The fourth-order valence-corrected chi connectivity index (χ4v) is 5.72. The summed E-state index contributed by atoms with van der Waals surface area (Å²) in [5.74, 6) is 2.45. The molecule has 6 nitrogen and oxygen atoms in total. The highest BCUT2D eigenvalue weighted by Crippen LogP contribution is 2.52. The van der Waals surface area contributed by atoms with Gasteiger partial charge in [-0.2, -0.15) is 0 Å². The Labute approximate surface area is 221 Å². The molecule has 0 aliphatic carbocycles. The van der Waals surface area contributed by atoms with E-state index in [0.29, 0.717) is 31.1 Å². The van der Waals surface area contributed by atoms with Gasteiger partial charge in [0.15, 0.2) is 0 Å². The van der Waals surface area contributed by atoms with Crippen LogP contribution in [0.1, 0.15) is 42.6 Å². The van der Waals surface area contributed by atoms with Crippen molar-refractivity contribution in [1.82, 2.24) is 4.90 Å². The molecule has 0 bridgehead atoms. The summed E-state index contributed by atoms with van der Waals surface area (Å²) in [5, 5.41) is 20.2. The number of alkyl halides is 1. The van der Waals surface area contributed by atoms with Crippen LogP contribution in [0.4, 0.5) is 4.39 Å². The molecule has 0 saturated carbocycles. The molecule has 198 valence electrons. The van der Waals surface area contributed by atoms with Gasteiger partial charge in [0, 0.05) is 53.8 Å². The molecule has 3 atom stereocenters. The summed E-state index contributed by atoms with van der Waals surface area (Å²) in [5.41, 5.74) is 4.86. The van der Waals surface area contributed by atoms with E-state index in [1.54, 1.807) is 24.3 Å². The third kappa shape index (κ3) is 4.67. The largest absolute Gasteiger partial charge is 0.508 e. The SMILES string of the molecule is C[C@@H](COc1ccc(C2Oc3cc(O)ccc3C3=C2c2ccc(O)cc2OCC3)cc1)N1CC[C@@H](CF)C1. The molecule has 2 N–H and O–H groups in total. The Hall–Kier alpha value is -3.71. The molecule has 0 radical (unpaired) electrons. The van der Waals surface area contributed by atoms with Crippen LogP contribution >= 0.6 is 0 Å². The van der Waals surface area contributed by atoms with Gasteiger partial charge in [-0.3, -0.25) is 9.29 Å². The average molecular weight is 518 g/mol. The number of hydrogen-bond donors (Lipinski definition) is 2. The van der Waals surface area contributed by atoms with E-state index in [4.69, 9.17) is 14.2 Å². The number of halogens is 1. The Balaban J connectivity index is 1.28. The predicted octanol–water partition coefficient (Wildman–Crippen LogP) is 5.98. The first-order valence-corrected chi connectivity index (χ1v) is 13.2. The maximum atomic E-state index is 13.0. The van der Waals surface area contributed by atoms with Crippen molar-refractivity contribution >= 4 is 11.1 Å². The van der Waals surface area contributed by atoms with Gasteiger partial charge in [0.1, 0.15) is 41.5 Å². The topological polar surface area (TPSA) is 71.4 Å². The molecule has 3 heterocycles. The number of aromatic hydroxyl groups is 2. The molecule has 0 amide bonds. The van der Waals surface area contributed by atoms with Gasteiger partial charge in [-0.05, 0) is 67.4 Å². The first-order chi connectivity index (χ1) is 18.5. The summed E-state index contributed by atoms with van der Waals surface area (Å²) < 4.78 is 31.6. The molecule has 3 aromatic carbocycles. The summed E-state index contributed by atoms with van der Waals surface area (Å²) in [4.78, 5) is 2.29. The molecule has 1 unspecified atom stereocenters. The Morgan fingerprint density at radius 2 is 1.74 bits per heavy atom. The van der Waals surface area contributed by atoms with Gasteiger partial charge in [0.05, 0.1) is 13.3 Å². The molecule has 3 aromatic rings. The third-order valence-corrected chi connectivity index (χ3v) is 7.82. The molecule has 3 aliphatic heterocycles. The molecular weight excluding hydrogens is 485 g/mol. The maximum absolute atomic E-state index is 13.0. The molecule has 38 heavy (non-hydrogen) atoms. The van der Waals surface area contributed by atoms with E-state index >= 15 is 0 Å². The second kappa shape index (κ2) is 10.2. The fraction of sp³-hybridized carbons (Fsp3) is 0.355. The number of phenols is 2. The number of nitrogens with zero attached hydrogens (tertiary/aromatic N) is 1. The Kier molecular flexibility index (Phi) is 6.62. The van der Waals surface area contributed by atoms with Gasteiger partial charge >= 0.3 is 0 Å². The summed E-state index contributed by atoms with van der Waals surface area (Å²) in [6.45, 7) is 4.57. The van der Waals surface area contributed by atoms with Crippen LogP contribution in [0.25, 0.3) is 11.1 Å². The normalized spacial score (nSPS) is 21.4. The highest BCUT2D eigenvalue weighted by atomic mass is 19.1. The molecular formula is C31H32FNO5. The second-order valence-electron chi connectivity index (χ2n) is 10.4. The van der Waals surface area contributed by atoms with Crippen LogP contribution in [-0.4, -0.2) is 54.1 Å². The fourth-order valence-electron chi connectivity index (χ4n) is 5.72. The van der Waals surface area contributed by atoms with E-state index in [1.165, 1.54) is 0 Å². The highest BCUT2D eigenvalue weighted by molar-refractivity contribution is 5.98. The molecule has 0 aromatic heterocycles. The first-order valence-electron chi connectivity index (χ1n) is 13.2. The van der Waals surface area contributed by atoms with Gasteiger partial charge in [0.25, 0.3) is 0 Å². The van der Waals surface area contributed by atoms with E-state index in [-0.39, 0.29) is 30.1 Å². The molecule has 7 heteroatoms. The van der Waals surface area contributed by atoms with Crippen molar-refractivity contribution in [1.29, 1.82) is 0 Å². The lowest BCUT2D eigenvalue weighted by atomic mass is 9.84. The smallest absolute Gasteiger partial charge is 0.150 e. The van der Waals surface area contributed by atoms with E-state index < -0.39 is 6.10 Å². The van der Waals surface area contributed by atoms with Crippen LogP contribution in [0.15, 0.2) is 60.7 Å². The van der Waals surface area contributed by atoms with Crippen molar-refractivity contribution in [2.75, 3.05) is 33.0 Å². The Morgan fingerprint density at radius 3 is 2.47 bits per heavy atom. The zero-order chi connectivity index (χ0) is 26.2. The van der Waals surface area contributed by atoms with Gasteiger partial charge in [0.2, 0.25) is 0 Å². The summed E-state index contributed by atoms with van der Waals surface area (Å²) in [6.07, 6.45) is 1.14. The van der Waals surface area contributed by atoms with Crippen LogP contribution < -0.4 is 14.2 Å². The van der Waals surface area contributed by atoms with E-state index in [0.717, 1.165) is 53.1 Å². The van der Waals surface area contributed by atoms with Crippen LogP contribution in [-0.2, 0) is 0 Å². The standard InChI is InChI=1S/C31H32FNO5/c1-19(33-12-10-20(16-32)17-33)18-37-24-6-2-21(3-7-24)31-30-26(25-8-4-23(35)15-29(25)38-31)11-13-36-28-14-22(34)5-9-27(28)30/h2-9,14-15,19-20,31,34-35H,10-13,16-18H2,1H3/t19-,20-,31?/m0/s1. The molecule has 1 fully saturated rings. The van der Waals surface area contributed by atoms with Crippen molar-refractivity contribution in [3.63, 3.8) is 0 Å². The van der Waals surface area contributed by atoms with Gasteiger partial charge < -0.3 is 24.4 Å². The van der Waals surface area contributed by atoms with Crippen molar-refractivity contribution < 1.29 is 28.8 Å². The number of benzene rings is 3. The monoisotopic (exact) mass is 517 g/mol. The number of rotatable bonds is 6. The zero-order valence-electron chi connectivity index (χ0n) is 21.4. The lowest BCUT2D eigenvalue weighted by molar-refractivity contribution is 0.165. The number of hydrogen-bond acceptors (Lipinski definition) is 6. The zero-order valence-corrected chi connectivity index (χ0v) is 21.4. The number of phenolic OH excluding ortho intramolecular Hbond substituents is 2. The van der Waals surface area contributed by atoms with Crippen LogP contribution in [0.2, 0.25) is 0 Å². The van der Waals surface area contributed by atoms with Gasteiger partial charge in [-0.15, -0.1) is 0 Å². The summed E-state index contributed by atoms with van der Waals surface area (Å²) in [7, 11) is 0. The lowest BCUT2D eigenvalue weighted by Crippen LogP contribution is -2.35. The maximum Gasteiger partial charge on any atom is 0.150 e. The minimum absolute atomic E-state index is 0.141. The molecule has 6 rings (SSSR count). The predicted molar refractivity (Wildman–Crippen MR) is 144 cm³/mol. The quantitative estimate of drug-likeness (QED) is 0.419. The van der Waals surface area contributed by atoms with Crippen LogP contribution in [0.5, 0.6) is 28.7 Å². The van der Waals surface area contributed by atoms with Crippen molar-refractivity contribution in [2.45, 2.75) is 31.9 Å². The highest BCUT2D eigenvalue weighted by Gasteiger charge is 2.34. The summed E-state index contributed by atoms with van der Waals surface area (Å²) >= 11 is 0. The Bertz CT molecular complexity index is 1350. The van der Waals surface area contributed by atoms with Crippen molar-refractivity contribution in [2.24, 2.45) is 5.92 Å². The molecule has 3 aliphatic rings. The number of likely N-dealkylation sites (tertiary alicyclic amines) is 1. The van der Waals surface area contributed by atoms with Crippen LogP contribution in [0.3, 0.4) is 0 Å². The van der Waals surface area contributed by atoms with Crippen LogP contribution in [0, 0.1) is 5.92 Å². The van der Waals surface area contributed by atoms with Gasteiger partial charge in [-0.25, -0.2) is 0 Å². The van der Waals surface area contributed by atoms with E-state index in [9.17, 15) is 14.6 Å². The lowest BCUT2D eigenvalue weighted by Gasteiger charge is -2.31. The summed E-state index contributed by atoms with van der Waals surface area (Å²) in [6, 6.07) is 18.5. The van der Waals surface area contributed by atoms with Crippen molar-refractivity contribution in [3.8, 4) is 28.7 Å².